The van der Waals surface area contributed by atoms with Crippen LogP contribution >= 0.6 is 34.4 Å². The van der Waals surface area contributed by atoms with Crippen LogP contribution in [0.15, 0.2) is 41.3 Å². The SMILES string of the molecule is COCCN1C(=O)S/C(=C/c2cc(I)c(OCc3cccc([N+](=O)[O-])c3)c(OC)c2)C1=O. The van der Waals surface area contributed by atoms with Crippen molar-refractivity contribution >= 4 is 57.3 Å². The monoisotopic (exact) mass is 570 g/mol. The van der Waals surface area contributed by atoms with Gasteiger partial charge in [0.2, 0.25) is 0 Å². The van der Waals surface area contributed by atoms with Crippen LogP contribution in [-0.4, -0.2) is 48.3 Å². The summed E-state index contributed by atoms with van der Waals surface area (Å²) in [5, 5.41) is 10.6. The molecule has 1 fully saturated rings. The molecule has 2 aromatic rings. The summed E-state index contributed by atoms with van der Waals surface area (Å²) in [4.78, 5) is 36.6. The second kappa shape index (κ2) is 10.8. The van der Waals surface area contributed by atoms with Crippen LogP contribution < -0.4 is 9.47 Å². The van der Waals surface area contributed by atoms with Gasteiger partial charge in [-0.3, -0.25) is 24.6 Å². The summed E-state index contributed by atoms with van der Waals surface area (Å²) in [5.74, 6) is 0.550. The number of amides is 2. The molecule has 0 atom stereocenters. The lowest BCUT2D eigenvalue weighted by Crippen LogP contribution is -2.31. The lowest BCUT2D eigenvalue weighted by atomic mass is 10.1. The van der Waals surface area contributed by atoms with Gasteiger partial charge in [0.15, 0.2) is 11.5 Å². The summed E-state index contributed by atoms with van der Waals surface area (Å²) < 4.78 is 17.0. The van der Waals surface area contributed by atoms with Gasteiger partial charge in [-0.15, -0.1) is 0 Å². The number of nitro groups is 1. The zero-order chi connectivity index (χ0) is 23.3. The number of carbonyl (C=O) groups is 2. The number of hydrogen-bond acceptors (Lipinski definition) is 8. The Hall–Kier alpha value is -2.64. The molecule has 0 unspecified atom stereocenters. The van der Waals surface area contributed by atoms with Crippen LogP contribution in [0.3, 0.4) is 0 Å². The van der Waals surface area contributed by atoms with E-state index in [1.807, 2.05) is 0 Å². The topological polar surface area (TPSA) is 108 Å². The number of non-ortho nitro benzene ring substituents is 1. The molecule has 1 aliphatic heterocycles. The van der Waals surface area contributed by atoms with Crippen molar-refractivity contribution in [2.45, 2.75) is 6.61 Å². The van der Waals surface area contributed by atoms with E-state index in [0.29, 0.717) is 27.5 Å². The predicted octanol–water partition coefficient (Wildman–Crippen LogP) is 4.47. The minimum atomic E-state index is -0.459. The summed E-state index contributed by atoms with van der Waals surface area (Å²) in [5.41, 5.74) is 1.31. The van der Waals surface area contributed by atoms with E-state index in [0.717, 1.165) is 20.2 Å². The van der Waals surface area contributed by atoms with Gasteiger partial charge in [0.25, 0.3) is 16.8 Å². The molecule has 0 saturated carbocycles. The number of carbonyl (C=O) groups excluding carboxylic acids is 2. The Morgan fingerprint density at radius 1 is 1.22 bits per heavy atom. The van der Waals surface area contributed by atoms with Crippen molar-refractivity contribution in [3.63, 3.8) is 0 Å². The van der Waals surface area contributed by atoms with Gasteiger partial charge in [-0.05, 0) is 63.7 Å². The number of rotatable bonds is 9. The van der Waals surface area contributed by atoms with E-state index >= 15 is 0 Å². The largest absolute Gasteiger partial charge is 0.493 e. The van der Waals surface area contributed by atoms with E-state index in [1.165, 1.54) is 26.4 Å². The van der Waals surface area contributed by atoms with Gasteiger partial charge >= 0.3 is 0 Å². The van der Waals surface area contributed by atoms with Crippen LogP contribution in [0.25, 0.3) is 6.08 Å². The minimum Gasteiger partial charge on any atom is -0.493 e. The van der Waals surface area contributed by atoms with Crippen molar-refractivity contribution in [3.05, 3.63) is 66.1 Å². The highest BCUT2D eigenvalue weighted by Gasteiger charge is 2.34. The normalized spacial score (nSPS) is 14.8. The fourth-order valence-electron chi connectivity index (χ4n) is 2.91. The van der Waals surface area contributed by atoms with Crippen LogP contribution in [0.5, 0.6) is 11.5 Å². The third-order valence-electron chi connectivity index (χ3n) is 4.45. The molecule has 0 radical (unpaired) electrons. The molecule has 2 amide bonds. The molecule has 168 valence electrons. The Bertz CT molecular complexity index is 1090. The Kier molecular flexibility index (Phi) is 8.10. The molecule has 3 rings (SSSR count). The minimum absolute atomic E-state index is 0.0115. The third-order valence-corrected chi connectivity index (χ3v) is 6.16. The summed E-state index contributed by atoms with van der Waals surface area (Å²) in [6, 6.07) is 9.71. The van der Waals surface area contributed by atoms with Crippen molar-refractivity contribution in [2.24, 2.45) is 0 Å². The van der Waals surface area contributed by atoms with Crippen molar-refractivity contribution < 1.29 is 28.7 Å². The average molecular weight is 570 g/mol. The first-order valence-corrected chi connectivity index (χ1v) is 11.2. The smallest absolute Gasteiger partial charge is 0.293 e. The number of imide groups is 1. The maximum atomic E-state index is 12.5. The van der Waals surface area contributed by atoms with Crippen LogP contribution in [0, 0.1) is 13.7 Å². The van der Waals surface area contributed by atoms with Gasteiger partial charge in [0.05, 0.1) is 33.7 Å². The van der Waals surface area contributed by atoms with E-state index in [2.05, 4.69) is 22.6 Å². The Morgan fingerprint density at radius 2 is 2.00 bits per heavy atom. The molecule has 0 spiro atoms. The molecule has 9 nitrogen and oxygen atoms in total. The van der Waals surface area contributed by atoms with Crippen molar-refractivity contribution in [1.29, 1.82) is 0 Å². The number of methoxy groups -OCH3 is 2. The number of ether oxygens (including phenoxy) is 3. The molecule has 0 N–H and O–H groups in total. The maximum absolute atomic E-state index is 12.5. The molecule has 0 aliphatic carbocycles. The van der Waals surface area contributed by atoms with Gasteiger partial charge in [-0.2, -0.15) is 0 Å². The van der Waals surface area contributed by atoms with Crippen molar-refractivity contribution in [2.75, 3.05) is 27.4 Å². The van der Waals surface area contributed by atoms with Crippen molar-refractivity contribution in [3.8, 4) is 11.5 Å². The van der Waals surface area contributed by atoms with Gasteiger partial charge < -0.3 is 14.2 Å². The fourth-order valence-corrected chi connectivity index (χ4v) is 4.55. The highest BCUT2D eigenvalue weighted by Crippen LogP contribution is 2.37. The molecular formula is C21H19IN2O7S. The number of hydrogen-bond donors (Lipinski definition) is 0. The molecule has 1 heterocycles. The second-order valence-corrected chi connectivity index (χ2v) is 8.73. The molecule has 0 bridgehead atoms. The molecule has 1 aliphatic rings. The average Bonchev–Trinajstić information content (AvgIpc) is 3.03. The zero-order valence-corrected chi connectivity index (χ0v) is 20.2. The van der Waals surface area contributed by atoms with Crippen LogP contribution in [0.4, 0.5) is 10.5 Å². The highest BCUT2D eigenvalue weighted by atomic mass is 127. The Labute approximate surface area is 202 Å². The lowest BCUT2D eigenvalue weighted by Gasteiger charge is -2.14. The standard InChI is InChI=1S/C21H19IN2O7S/c1-29-7-6-23-20(25)18(32-21(23)26)11-14-9-16(22)19(17(10-14)30-2)31-12-13-4-3-5-15(8-13)24(27)28/h3-5,8-11H,6-7,12H2,1-2H3/b18-11+. The van der Waals surface area contributed by atoms with E-state index < -0.39 is 4.92 Å². The summed E-state index contributed by atoms with van der Waals surface area (Å²) in [6.07, 6.45) is 1.63. The van der Waals surface area contributed by atoms with Crippen LogP contribution in [0.1, 0.15) is 11.1 Å². The highest BCUT2D eigenvalue weighted by molar-refractivity contribution is 14.1. The first-order valence-electron chi connectivity index (χ1n) is 9.32. The number of nitrogens with zero attached hydrogens (tertiary/aromatic N) is 2. The maximum Gasteiger partial charge on any atom is 0.293 e. The molecule has 1 saturated heterocycles. The van der Waals surface area contributed by atoms with Gasteiger partial charge in [-0.1, -0.05) is 12.1 Å². The molecule has 32 heavy (non-hydrogen) atoms. The summed E-state index contributed by atoms with van der Waals surface area (Å²) in [6.45, 7) is 0.587. The van der Waals surface area contributed by atoms with E-state index in [4.69, 9.17) is 14.2 Å². The van der Waals surface area contributed by atoms with Gasteiger partial charge in [0, 0.05) is 19.2 Å². The van der Waals surface area contributed by atoms with Gasteiger partial charge in [-0.25, -0.2) is 0 Å². The summed E-state index contributed by atoms with van der Waals surface area (Å²) in [7, 11) is 3.00. The van der Waals surface area contributed by atoms with Crippen molar-refractivity contribution in [1.82, 2.24) is 4.90 Å². The van der Waals surface area contributed by atoms with Crippen LogP contribution in [-0.2, 0) is 16.1 Å². The molecule has 11 heteroatoms. The van der Waals surface area contributed by atoms with Gasteiger partial charge in [0.1, 0.15) is 6.61 Å². The summed E-state index contributed by atoms with van der Waals surface area (Å²) >= 11 is 2.96. The van der Waals surface area contributed by atoms with E-state index in [1.54, 1.807) is 30.3 Å². The third kappa shape index (κ3) is 5.58. The van der Waals surface area contributed by atoms with E-state index in [-0.39, 0.29) is 36.6 Å². The number of thioether (sulfide) groups is 1. The number of nitro benzene ring substituents is 1. The Balaban J connectivity index is 1.80. The molecule has 0 aromatic heterocycles. The predicted molar refractivity (Wildman–Crippen MR) is 128 cm³/mol. The zero-order valence-electron chi connectivity index (χ0n) is 17.2. The first kappa shape index (κ1) is 24.0. The second-order valence-electron chi connectivity index (χ2n) is 6.58. The molecular weight excluding hydrogens is 551 g/mol. The first-order chi connectivity index (χ1) is 15.3. The molecule has 2 aromatic carbocycles. The fraction of sp³-hybridized carbons (Fsp3) is 0.238. The number of benzene rings is 2. The lowest BCUT2D eigenvalue weighted by molar-refractivity contribution is -0.384. The number of halogens is 1. The Morgan fingerprint density at radius 3 is 2.69 bits per heavy atom. The van der Waals surface area contributed by atoms with E-state index in [9.17, 15) is 19.7 Å². The van der Waals surface area contributed by atoms with Crippen LogP contribution in [0.2, 0.25) is 0 Å². The quantitative estimate of drug-likeness (QED) is 0.188.